The van der Waals surface area contributed by atoms with Gasteiger partial charge in [0.2, 0.25) is 5.91 Å². The van der Waals surface area contributed by atoms with Crippen LogP contribution in [0.15, 0.2) is 24.3 Å². The third-order valence-corrected chi connectivity index (χ3v) is 4.65. The van der Waals surface area contributed by atoms with E-state index in [2.05, 4.69) is 17.4 Å². The maximum absolute atomic E-state index is 12.1. The molecule has 0 radical (unpaired) electrons. The van der Waals surface area contributed by atoms with Crippen molar-refractivity contribution in [3.05, 3.63) is 35.4 Å². The fourth-order valence-corrected chi connectivity index (χ4v) is 3.47. The van der Waals surface area contributed by atoms with E-state index < -0.39 is 11.9 Å². The van der Waals surface area contributed by atoms with E-state index in [1.807, 2.05) is 12.1 Å². The summed E-state index contributed by atoms with van der Waals surface area (Å²) in [5.74, 6) is -1.37. The first-order valence-corrected chi connectivity index (χ1v) is 7.25. The minimum absolute atomic E-state index is 0.0840. The van der Waals surface area contributed by atoms with Crippen molar-refractivity contribution in [2.24, 2.45) is 11.8 Å². The Morgan fingerprint density at radius 2 is 1.95 bits per heavy atom. The Kier molecular flexibility index (Phi) is 3.47. The highest BCUT2D eigenvalue weighted by molar-refractivity contribution is 5.85. The van der Waals surface area contributed by atoms with Crippen molar-refractivity contribution in [2.75, 3.05) is 6.54 Å². The number of amides is 1. The molecule has 0 aromatic heterocycles. The number of carbonyl (C=O) groups excluding carboxylic acids is 1. The molecule has 3 atom stereocenters. The Labute approximate surface area is 118 Å². The van der Waals surface area contributed by atoms with Gasteiger partial charge in [-0.1, -0.05) is 30.7 Å². The van der Waals surface area contributed by atoms with Crippen LogP contribution in [0.3, 0.4) is 0 Å². The molecule has 0 heterocycles. The van der Waals surface area contributed by atoms with Crippen LogP contribution >= 0.6 is 0 Å². The molecule has 1 aromatic carbocycles. The monoisotopic (exact) mass is 273 g/mol. The second-order valence-corrected chi connectivity index (χ2v) is 5.83. The van der Waals surface area contributed by atoms with Crippen molar-refractivity contribution in [3.63, 3.8) is 0 Å². The summed E-state index contributed by atoms with van der Waals surface area (Å²) < 4.78 is 0. The number of benzene rings is 1. The summed E-state index contributed by atoms with van der Waals surface area (Å²) in [4.78, 5) is 23.2. The van der Waals surface area contributed by atoms with Gasteiger partial charge >= 0.3 is 5.97 Å². The molecule has 0 bridgehead atoms. The molecule has 2 aliphatic rings. The Morgan fingerprint density at radius 3 is 2.70 bits per heavy atom. The molecule has 0 spiro atoms. The molecule has 2 N–H and O–H groups in total. The molecule has 4 nitrogen and oxygen atoms in total. The van der Waals surface area contributed by atoms with Crippen molar-refractivity contribution in [3.8, 4) is 0 Å². The molecule has 1 unspecified atom stereocenters. The molecule has 106 valence electrons. The number of aliphatic carboxylic acids is 1. The number of carboxylic acid groups (broad SMARTS) is 1. The molecule has 1 fully saturated rings. The largest absolute Gasteiger partial charge is 0.481 e. The molecular formula is C16H19NO3. The van der Waals surface area contributed by atoms with Gasteiger partial charge in [-0.25, -0.2) is 0 Å². The number of carboxylic acids is 1. The van der Waals surface area contributed by atoms with Crippen LogP contribution in [0, 0.1) is 11.8 Å². The molecule has 1 saturated carbocycles. The Morgan fingerprint density at radius 1 is 1.20 bits per heavy atom. The van der Waals surface area contributed by atoms with E-state index in [-0.39, 0.29) is 11.8 Å². The zero-order chi connectivity index (χ0) is 14.1. The van der Waals surface area contributed by atoms with E-state index in [9.17, 15) is 9.59 Å². The zero-order valence-electron chi connectivity index (χ0n) is 11.3. The fourth-order valence-electron chi connectivity index (χ4n) is 3.47. The zero-order valence-corrected chi connectivity index (χ0v) is 11.3. The lowest BCUT2D eigenvalue weighted by Crippen LogP contribution is -2.39. The first-order valence-electron chi connectivity index (χ1n) is 7.25. The number of fused-ring (bicyclic) bond motifs is 1. The van der Waals surface area contributed by atoms with Gasteiger partial charge in [-0.15, -0.1) is 0 Å². The first kappa shape index (κ1) is 13.2. The lowest BCUT2D eigenvalue weighted by molar-refractivity contribution is -0.146. The SMILES string of the molecule is O=C(O)[C@H]1CCC[C@H]1C(=O)NCC1Cc2ccccc21. The van der Waals surface area contributed by atoms with Crippen LogP contribution in [0.5, 0.6) is 0 Å². The smallest absolute Gasteiger partial charge is 0.307 e. The summed E-state index contributed by atoms with van der Waals surface area (Å²) in [5, 5.41) is 12.1. The van der Waals surface area contributed by atoms with E-state index in [1.165, 1.54) is 11.1 Å². The highest BCUT2D eigenvalue weighted by atomic mass is 16.4. The van der Waals surface area contributed by atoms with E-state index in [4.69, 9.17) is 5.11 Å². The molecule has 0 saturated heterocycles. The van der Waals surface area contributed by atoms with Gasteiger partial charge < -0.3 is 10.4 Å². The summed E-state index contributed by atoms with van der Waals surface area (Å²) in [6.07, 6.45) is 3.16. The predicted molar refractivity (Wildman–Crippen MR) is 74.4 cm³/mol. The summed E-state index contributed by atoms with van der Waals surface area (Å²) in [5.41, 5.74) is 2.67. The van der Waals surface area contributed by atoms with Gasteiger partial charge in [0.05, 0.1) is 11.8 Å². The molecule has 0 aliphatic heterocycles. The average Bonchev–Trinajstić information content (AvgIpc) is 2.89. The van der Waals surface area contributed by atoms with Crippen LogP contribution in [-0.4, -0.2) is 23.5 Å². The van der Waals surface area contributed by atoms with E-state index in [0.717, 1.165) is 12.8 Å². The molecule has 1 amide bonds. The van der Waals surface area contributed by atoms with Gasteiger partial charge in [0.15, 0.2) is 0 Å². The van der Waals surface area contributed by atoms with Crippen LogP contribution in [0.25, 0.3) is 0 Å². The summed E-state index contributed by atoms with van der Waals surface area (Å²) in [7, 11) is 0. The Hall–Kier alpha value is -1.84. The van der Waals surface area contributed by atoms with Gasteiger partial charge in [-0.2, -0.15) is 0 Å². The Bertz CT molecular complexity index is 540. The maximum Gasteiger partial charge on any atom is 0.307 e. The van der Waals surface area contributed by atoms with Crippen LogP contribution in [0.1, 0.15) is 36.3 Å². The highest BCUT2D eigenvalue weighted by Crippen LogP contribution is 2.35. The normalized spacial score (nSPS) is 27.5. The quantitative estimate of drug-likeness (QED) is 0.881. The van der Waals surface area contributed by atoms with Gasteiger partial charge in [0, 0.05) is 12.5 Å². The first-order chi connectivity index (χ1) is 9.66. The van der Waals surface area contributed by atoms with E-state index >= 15 is 0 Å². The lowest BCUT2D eigenvalue weighted by Gasteiger charge is -2.30. The van der Waals surface area contributed by atoms with Crippen molar-refractivity contribution in [2.45, 2.75) is 31.6 Å². The third kappa shape index (κ3) is 2.30. The Balaban J connectivity index is 1.55. The number of carbonyl (C=O) groups is 2. The molecule has 3 rings (SSSR count). The maximum atomic E-state index is 12.1. The van der Waals surface area contributed by atoms with Gasteiger partial charge in [0.1, 0.15) is 0 Å². The van der Waals surface area contributed by atoms with Crippen LogP contribution in [0.4, 0.5) is 0 Å². The van der Waals surface area contributed by atoms with Crippen molar-refractivity contribution >= 4 is 11.9 Å². The second-order valence-electron chi connectivity index (χ2n) is 5.83. The van der Waals surface area contributed by atoms with Gasteiger partial charge in [-0.05, 0) is 30.4 Å². The molecular weight excluding hydrogens is 254 g/mol. The third-order valence-electron chi connectivity index (χ3n) is 4.65. The second kappa shape index (κ2) is 5.27. The molecule has 20 heavy (non-hydrogen) atoms. The average molecular weight is 273 g/mol. The minimum atomic E-state index is -0.836. The minimum Gasteiger partial charge on any atom is -0.481 e. The van der Waals surface area contributed by atoms with Crippen LogP contribution in [0.2, 0.25) is 0 Å². The van der Waals surface area contributed by atoms with Crippen molar-refractivity contribution in [1.29, 1.82) is 0 Å². The standard InChI is InChI=1S/C16H19NO3/c18-15(13-6-3-7-14(13)16(19)20)17-9-11-8-10-4-1-2-5-12(10)11/h1-2,4-5,11,13-14H,3,6-9H2,(H,17,18)(H,19,20)/t11?,13-,14+/m1/s1. The van der Waals surface area contributed by atoms with Crippen molar-refractivity contribution < 1.29 is 14.7 Å². The summed E-state index contributed by atoms with van der Waals surface area (Å²) in [6.45, 7) is 0.624. The van der Waals surface area contributed by atoms with Crippen molar-refractivity contribution in [1.82, 2.24) is 5.32 Å². The summed E-state index contributed by atoms with van der Waals surface area (Å²) >= 11 is 0. The number of nitrogens with one attached hydrogen (secondary N) is 1. The fraction of sp³-hybridized carbons (Fsp3) is 0.500. The van der Waals surface area contributed by atoms with E-state index in [0.29, 0.717) is 25.3 Å². The molecule has 4 heteroatoms. The highest BCUT2D eigenvalue weighted by Gasteiger charge is 2.38. The van der Waals surface area contributed by atoms with Gasteiger partial charge in [-0.3, -0.25) is 9.59 Å². The van der Waals surface area contributed by atoms with Crippen LogP contribution in [-0.2, 0) is 16.0 Å². The van der Waals surface area contributed by atoms with E-state index in [1.54, 1.807) is 0 Å². The van der Waals surface area contributed by atoms with Gasteiger partial charge in [0.25, 0.3) is 0 Å². The predicted octanol–water partition coefficient (Wildman–Crippen LogP) is 1.94. The summed E-state index contributed by atoms with van der Waals surface area (Å²) in [6, 6.07) is 8.27. The molecule has 1 aromatic rings. The van der Waals surface area contributed by atoms with Crippen LogP contribution < -0.4 is 5.32 Å². The number of hydrogen-bond donors (Lipinski definition) is 2. The number of rotatable bonds is 4. The topological polar surface area (TPSA) is 66.4 Å². The lowest BCUT2D eigenvalue weighted by atomic mass is 9.77. The molecule has 2 aliphatic carbocycles. The number of hydrogen-bond acceptors (Lipinski definition) is 2.